The van der Waals surface area contributed by atoms with Crippen molar-refractivity contribution in [2.45, 2.75) is 43.5 Å². The van der Waals surface area contributed by atoms with E-state index in [-0.39, 0.29) is 17.4 Å². The highest BCUT2D eigenvalue weighted by atomic mass is 32.2. The minimum absolute atomic E-state index is 0.174. The van der Waals surface area contributed by atoms with Gasteiger partial charge in [-0.15, -0.1) is 0 Å². The second-order valence-corrected chi connectivity index (χ2v) is 10.6. The van der Waals surface area contributed by atoms with Crippen LogP contribution >= 0.6 is 0 Å². The van der Waals surface area contributed by atoms with Crippen molar-refractivity contribution in [1.82, 2.24) is 9.88 Å². The minimum atomic E-state index is -3.73. The molecule has 0 saturated carbocycles. The number of benzene rings is 2. The molecular formula is C24H28N2O3S. The molecule has 0 radical (unpaired) electrons. The van der Waals surface area contributed by atoms with Crippen molar-refractivity contribution in [3.8, 4) is 0 Å². The molecule has 0 amide bonds. The van der Waals surface area contributed by atoms with Crippen LogP contribution in [0.4, 0.5) is 0 Å². The maximum Gasteiger partial charge on any atom is 0.296 e. The molecule has 1 fully saturated rings. The van der Waals surface area contributed by atoms with Crippen LogP contribution in [0.2, 0.25) is 0 Å². The zero-order valence-electron chi connectivity index (χ0n) is 17.7. The summed E-state index contributed by atoms with van der Waals surface area (Å²) >= 11 is 0. The van der Waals surface area contributed by atoms with E-state index in [1.807, 2.05) is 6.92 Å². The van der Waals surface area contributed by atoms with E-state index >= 15 is 0 Å². The Morgan fingerprint density at radius 1 is 1.13 bits per heavy atom. The van der Waals surface area contributed by atoms with Gasteiger partial charge in [-0.2, -0.15) is 8.42 Å². The van der Waals surface area contributed by atoms with Gasteiger partial charge in [0.2, 0.25) is 0 Å². The quantitative estimate of drug-likeness (QED) is 0.639. The number of nitrogens with zero attached hydrogens (tertiary/aromatic N) is 1. The van der Waals surface area contributed by atoms with E-state index in [0.717, 1.165) is 24.9 Å². The first kappa shape index (κ1) is 19.8. The molecule has 1 aliphatic heterocycles. The Hall–Kier alpha value is -2.15. The van der Waals surface area contributed by atoms with Crippen LogP contribution in [0.1, 0.15) is 34.7 Å². The van der Waals surface area contributed by atoms with Gasteiger partial charge in [0.15, 0.2) is 0 Å². The van der Waals surface area contributed by atoms with E-state index in [4.69, 9.17) is 4.18 Å². The number of likely N-dealkylation sites (N-methyl/N-ethyl adjacent to an activating group) is 1. The van der Waals surface area contributed by atoms with E-state index < -0.39 is 10.1 Å². The lowest BCUT2D eigenvalue weighted by molar-refractivity contribution is 0.0853. The minimum Gasteiger partial charge on any atom is -0.358 e. The Labute approximate surface area is 178 Å². The van der Waals surface area contributed by atoms with Crippen LogP contribution < -0.4 is 0 Å². The maximum absolute atomic E-state index is 12.6. The Morgan fingerprint density at radius 2 is 1.90 bits per heavy atom. The topological polar surface area (TPSA) is 62.4 Å². The molecule has 1 N–H and O–H groups in total. The average molecular weight is 425 g/mol. The molecule has 1 aromatic heterocycles. The van der Waals surface area contributed by atoms with Gasteiger partial charge in [0.05, 0.1) is 11.5 Å². The van der Waals surface area contributed by atoms with Crippen LogP contribution in [-0.4, -0.2) is 44.5 Å². The summed E-state index contributed by atoms with van der Waals surface area (Å²) in [5, 5.41) is 1.37. The molecule has 158 valence electrons. The van der Waals surface area contributed by atoms with Crippen molar-refractivity contribution < 1.29 is 12.6 Å². The molecule has 5 rings (SSSR count). The first-order valence-electron chi connectivity index (χ1n) is 10.6. The van der Waals surface area contributed by atoms with Crippen molar-refractivity contribution in [1.29, 1.82) is 0 Å². The number of aromatic amines is 1. The van der Waals surface area contributed by atoms with Gasteiger partial charge in [-0.1, -0.05) is 29.8 Å². The Bertz CT molecular complexity index is 1200. The summed E-state index contributed by atoms with van der Waals surface area (Å²) < 4.78 is 30.8. The van der Waals surface area contributed by atoms with Gasteiger partial charge < -0.3 is 9.88 Å². The molecule has 0 bridgehead atoms. The van der Waals surface area contributed by atoms with Gasteiger partial charge >= 0.3 is 0 Å². The predicted octanol–water partition coefficient (Wildman–Crippen LogP) is 4.15. The van der Waals surface area contributed by atoms with Crippen molar-refractivity contribution in [3.05, 3.63) is 64.8 Å². The smallest absolute Gasteiger partial charge is 0.296 e. The monoisotopic (exact) mass is 424 g/mol. The molecule has 2 aliphatic rings. The lowest BCUT2D eigenvalue weighted by Crippen LogP contribution is -2.48. The first-order valence-corrected chi connectivity index (χ1v) is 12.0. The lowest BCUT2D eigenvalue weighted by atomic mass is 9.72. The largest absolute Gasteiger partial charge is 0.358 e. The summed E-state index contributed by atoms with van der Waals surface area (Å²) in [6.45, 7) is 5.17. The normalized spacial score (nSPS) is 24.2. The van der Waals surface area contributed by atoms with Crippen molar-refractivity contribution in [2.24, 2.45) is 5.92 Å². The first-order chi connectivity index (χ1) is 14.3. The molecule has 1 aliphatic carbocycles. The highest BCUT2D eigenvalue weighted by Crippen LogP contribution is 2.45. The fourth-order valence-corrected chi connectivity index (χ4v) is 6.38. The summed E-state index contributed by atoms with van der Waals surface area (Å²) in [5.41, 5.74) is 6.33. The van der Waals surface area contributed by atoms with Crippen LogP contribution in [0.5, 0.6) is 0 Å². The Balaban J connectivity index is 1.38. The number of aromatic nitrogens is 1. The number of hydrogen-bond acceptors (Lipinski definition) is 4. The maximum atomic E-state index is 12.6. The second kappa shape index (κ2) is 7.22. The number of piperidine rings is 1. The van der Waals surface area contributed by atoms with Gasteiger partial charge in [-0.25, -0.2) is 0 Å². The standard InChI is InChI=1S/C24H28N2O3S/c1-15-7-9-18(10-8-15)30(27,28)29-14-17-11-21-19-5-4-6-22-24(19)20(16(2)25-22)12-23(21)26(3)13-17/h4-10,17,21,23,25H,11-14H2,1-3H3/t17-,21?,23-/m1/s1. The highest BCUT2D eigenvalue weighted by molar-refractivity contribution is 7.86. The summed E-state index contributed by atoms with van der Waals surface area (Å²) in [6, 6.07) is 13.8. The fraction of sp³-hybridized carbons (Fsp3) is 0.417. The molecular weight excluding hydrogens is 396 g/mol. The molecule has 6 heteroatoms. The van der Waals surface area contributed by atoms with Crippen molar-refractivity contribution >= 4 is 21.0 Å². The van der Waals surface area contributed by atoms with Crippen LogP contribution in [0.25, 0.3) is 10.9 Å². The van der Waals surface area contributed by atoms with E-state index in [1.54, 1.807) is 24.3 Å². The summed E-state index contributed by atoms with van der Waals surface area (Å²) in [4.78, 5) is 6.16. The predicted molar refractivity (Wildman–Crippen MR) is 118 cm³/mol. The molecule has 5 nitrogen and oxygen atoms in total. The summed E-state index contributed by atoms with van der Waals surface area (Å²) in [7, 11) is -1.57. The molecule has 30 heavy (non-hydrogen) atoms. The van der Waals surface area contributed by atoms with E-state index in [0.29, 0.717) is 12.0 Å². The number of rotatable bonds is 4. The zero-order chi connectivity index (χ0) is 21.0. The number of aryl methyl sites for hydroxylation is 2. The SMILES string of the molecule is Cc1ccc(S(=O)(=O)OC[C@@H]2CC3c4cccc5[nH]c(C)c(c45)C[C@H]3N(C)C2)cc1. The highest BCUT2D eigenvalue weighted by Gasteiger charge is 2.40. The number of fused-ring (bicyclic) bond motifs is 2. The molecule has 1 unspecified atom stereocenters. The number of H-pyrrole nitrogens is 1. The summed E-state index contributed by atoms with van der Waals surface area (Å²) in [6.07, 6.45) is 1.99. The molecule has 2 heterocycles. The number of hydrogen-bond donors (Lipinski definition) is 1. The molecule has 1 saturated heterocycles. The molecule has 3 atom stereocenters. The Kier molecular flexibility index (Phi) is 4.76. The van der Waals surface area contributed by atoms with E-state index in [1.165, 1.54) is 27.7 Å². The third kappa shape index (κ3) is 3.27. The molecule has 3 aromatic rings. The zero-order valence-corrected chi connectivity index (χ0v) is 18.5. The van der Waals surface area contributed by atoms with E-state index in [9.17, 15) is 8.42 Å². The van der Waals surface area contributed by atoms with E-state index in [2.05, 4.69) is 42.1 Å². The number of likely N-dealkylation sites (tertiary alicyclic amines) is 1. The van der Waals surface area contributed by atoms with Gasteiger partial charge in [0.25, 0.3) is 10.1 Å². The lowest BCUT2D eigenvalue weighted by Gasteiger charge is -2.45. The number of nitrogens with one attached hydrogen (secondary N) is 1. The third-order valence-corrected chi connectivity index (χ3v) is 8.21. The van der Waals surface area contributed by atoms with Gasteiger partial charge in [-0.3, -0.25) is 4.18 Å². The molecule has 0 spiro atoms. The fourth-order valence-electron chi connectivity index (χ4n) is 5.40. The van der Waals surface area contributed by atoms with Gasteiger partial charge in [0.1, 0.15) is 0 Å². The third-order valence-electron chi connectivity index (χ3n) is 6.92. The average Bonchev–Trinajstić information content (AvgIpc) is 3.04. The summed E-state index contributed by atoms with van der Waals surface area (Å²) in [5.74, 6) is 0.569. The second-order valence-electron chi connectivity index (χ2n) is 8.97. The Morgan fingerprint density at radius 3 is 2.67 bits per heavy atom. The van der Waals surface area contributed by atoms with Crippen molar-refractivity contribution in [3.63, 3.8) is 0 Å². The van der Waals surface area contributed by atoms with Crippen LogP contribution in [0, 0.1) is 19.8 Å². The van der Waals surface area contributed by atoms with Gasteiger partial charge in [-0.05, 0) is 69.0 Å². The van der Waals surface area contributed by atoms with Crippen LogP contribution in [0.3, 0.4) is 0 Å². The molecule has 2 aromatic carbocycles. The van der Waals surface area contributed by atoms with Crippen molar-refractivity contribution in [2.75, 3.05) is 20.2 Å². The van der Waals surface area contributed by atoms with Crippen LogP contribution in [-0.2, 0) is 20.7 Å². The van der Waals surface area contributed by atoms with Gasteiger partial charge in [0, 0.05) is 35.1 Å². The van der Waals surface area contributed by atoms with Crippen LogP contribution in [0.15, 0.2) is 47.4 Å².